The third-order valence-electron chi connectivity index (χ3n) is 7.83. The quantitative estimate of drug-likeness (QED) is 0.289. The summed E-state index contributed by atoms with van der Waals surface area (Å²) >= 11 is 0. The van der Waals surface area contributed by atoms with Gasteiger partial charge in [0.25, 0.3) is 0 Å². The van der Waals surface area contributed by atoms with Crippen LogP contribution in [0.1, 0.15) is 42.7 Å². The smallest absolute Gasteiger partial charge is 0.127 e. The fraction of sp³-hybridized carbons (Fsp3) is 0.226. The minimum absolute atomic E-state index is 0.198. The van der Waals surface area contributed by atoms with Crippen molar-refractivity contribution < 1.29 is 9.47 Å². The van der Waals surface area contributed by atoms with Gasteiger partial charge in [0.2, 0.25) is 0 Å². The summed E-state index contributed by atoms with van der Waals surface area (Å²) in [4.78, 5) is 0. The number of anilines is 2. The first-order valence-electron chi connectivity index (χ1n) is 12.3. The fourth-order valence-electron chi connectivity index (χ4n) is 6.14. The molecule has 2 aliphatic rings. The van der Waals surface area contributed by atoms with E-state index in [-0.39, 0.29) is 5.41 Å². The summed E-state index contributed by atoms with van der Waals surface area (Å²) in [5, 5.41) is 0. The molecule has 2 fully saturated rings. The molecule has 2 saturated carbocycles. The molecule has 0 saturated heterocycles. The summed E-state index contributed by atoms with van der Waals surface area (Å²) in [6, 6.07) is 32.5. The highest BCUT2D eigenvalue weighted by atomic mass is 16.5. The molecule has 3 unspecified atom stereocenters. The maximum atomic E-state index is 6.03. The summed E-state index contributed by atoms with van der Waals surface area (Å²) in [5.74, 6) is 4.62. The van der Waals surface area contributed by atoms with Gasteiger partial charge in [-0.25, -0.2) is 0 Å². The minimum atomic E-state index is 0.198. The molecular formula is C31H30N2O2. The number of nitrogen functional groups attached to an aromatic ring is 2. The lowest BCUT2D eigenvalue weighted by Gasteiger charge is -2.36. The summed E-state index contributed by atoms with van der Waals surface area (Å²) in [7, 11) is 0. The minimum Gasteiger partial charge on any atom is -0.457 e. The Bertz CT molecular complexity index is 1300. The van der Waals surface area contributed by atoms with Gasteiger partial charge in [0, 0.05) is 16.8 Å². The predicted molar refractivity (Wildman–Crippen MR) is 141 cm³/mol. The number of nitrogens with two attached hydrogens (primary N) is 2. The van der Waals surface area contributed by atoms with Crippen LogP contribution < -0.4 is 20.9 Å². The van der Waals surface area contributed by atoms with Gasteiger partial charge < -0.3 is 20.9 Å². The number of hydrogen-bond donors (Lipinski definition) is 2. The number of rotatable bonds is 6. The molecule has 4 aromatic carbocycles. The third-order valence-corrected chi connectivity index (χ3v) is 7.83. The number of benzene rings is 4. The highest BCUT2D eigenvalue weighted by molar-refractivity contribution is 5.46. The van der Waals surface area contributed by atoms with Gasteiger partial charge in [0.1, 0.15) is 23.0 Å². The summed E-state index contributed by atoms with van der Waals surface area (Å²) in [5.41, 5.74) is 16.1. The van der Waals surface area contributed by atoms with Crippen LogP contribution in [-0.4, -0.2) is 0 Å². The first kappa shape index (κ1) is 21.6. The van der Waals surface area contributed by atoms with Crippen LogP contribution in [0, 0.1) is 5.92 Å². The standard InChI is InChI=1S/C31H30N2O2/c32-24-5-13-28(14-6-24)34-26-9-1-22(2-10-26)30-19-21-17-18-31(30,20-21)23-3-11-27(12-4-23)35-29-15-7-25(33)8-16-29/h1-16,21,30H,17-20,32-33H2. The molecule has 0 spiro atoms. The molecule has 0 amide bonds. The van der Waals surface area contributed by atoms with Crippen LogP contribution in [0.4, 0.5) is 11.4 Å². The van der Waals surface area contributed by atoms with E-state index in [4.69, 9.17) is 20.9 Å². The molecule has 0 aromatic heterocycles. The molecule has 176 valence electrons. The van der Waals surface area contributed by atoms with E-state index in [1.54, 1.807) is 0 Å². The molecule has 0 radical (unpaired) electrons. The number of ether oxygens (including phenoxy) is 2. The van der Waals surface area contributed by atoms with E-state index in [1.807, 2.05) is 48.5 Å². The Morgan fingerprint density at radius 3 is 1.54 bits per heavy atom. The lowest BCUT2D eigenvalue weighted by Crippen LogP contribution is -2.28. The maximum absolute atomic E-state index is 6.03. The number of hydrogen-bond acceptors (Lipinski definition) is 4. The highest BCUT2D eigenvalue weighted by Gasteiger charge is 2.53. The van der Waals surface area contributed by atoms with Crippen molar-refractivity contribution in [3.63, 3.8) is 0 Å². The summed E-state index contributed by atoms with van der Waals surface area (Å²) in [6.07, 6.45) is 5.07. The summed E-state index contributed by atoms with van der Waals surface area (Å²) < 4.78 is 12.0. The molecule has 4 nitrogen and oxygen atoms in total. The van der Waals surface area contributed by atoms with Gasteiger partial charge in [-0.15, -0.1) is 0 Å². The van der Waals surface area contributed by atoms with E-state index in [0.29, 0.717) is 5.92 Å². The van der Waals surface area contributed by atoms with Crippen molar-refractivity contribution in [2.45, 2.75) is 37.0 Å². The second kappa shape index (κ2) is 8.70. The van der Waals surface area contributed by atoms with E-state index in [9.17, 15) is 0 Å². The maximum Gasteiger partial charge on any atom is 0.127 e. The van der Waals surface area contributed by atoms with E-state index in [1.165, 1.54) is 36.8 Å². The molecule has 4 aromatic rings. The van der Waals surface area contributed by atoms with Crippen LogP contribution in [0.15, 0.2) is 97.1 Å². The predicted octanol–water partition coefficient (Wildman–Crippen LogP) is 7.66. The first-order chi connectivity index (χ1) is 17.1. The molecule has 35 heavy (non-hydrogen) atoms. The molecule has 2 aliphatic carbocycles. The van der Waals surface area contributed by atoms with E-state index in [0.717, 1.165) is 40.3 Å². The first-order valence-corrected chi connectivity index (χ1v) is 12.3. The third kappa shape index (κ3) is 4.21. The highest BCUT2D eigenvalue weighted by Crippen LogP contribution is 2.62. The van der Waals surface area contributed by atoms with Crippen LogP contribution in [0.25, 0.3) is 0 Å². The van der Waals surface area contributed by atoms with Gasteiger partial charge >= 0.3 is 0 Å². The SMILES string of the molecule is Nc1ccc(Oc2ccc(C3CC4CCC3(c3ccc(Oc5ccc(N)cc5)cc3)C4)cc2)cc1. The average Bonchev–Trinajstić information content (AvgIpc) is 3.48. The average molecular weight is 463 g/mol. The number of fused-ring (bicyclic) bond motifs is 2. The van der Waals surface area contributed by atoms with Crippen LogP contribution in [-0.2, 0) is 5.41 Å². The van der Waals surface area contributed by atoms with Gasteiger partial charge in [-0.1, -0.05) is 24.3 Å². The van der Waals surface area contributed by atoms with E-state index < -0.39 is 0 Å². The zero-order valence-corrected chi connectivity index (χ0v) is 19.7. The van der Waals surface area contributed by atoms with Crippen LogP contribution in [0.3, 0.4) is 0 Å². The molecule has 0 heterocycles. The van der Waals surface area contributed by atoms with E-state index >= 15 is 0 Å². The molecule has 4 heteroatoms. The lowest BCUT2D eigenvalue weighted by atomic mass is 9.67. The second-order valence-corrected chi connectivity index (χ2v) is 9.99. The van der Waals surface area contributed by atoms with Crippen molar-refractivity contribution in [2.24, 2.45) is 5.92 Å². The summed E-state index contributed by atoms with van der Waals surface area (Å²) in [6.45, 7) is 0. The van der Waals surface area contributed by atoms with Crippen molar-refractivity contribution in [1.82, 2.24) is 0 Å². The topological polar surface area (TPSA) is 70.5 Å². The molecule has 3 atom stereocenters. The second-order valence-electron chi connectivity index (χ2n) is 9.99. The lowest BCUT2D eigenvalue weighted by molar-refractivity contribution is 0.359. The van der Waals surface area contributed by atoms with Crippen molar-refractivity contribution >= 4 is 11.4 Å². The fourth-order valence-corrected chi connectivity index (χ4v) is 6.14. The zero-order chi connectivity index (χ0) is 23.8. The normalized spacial score (nSPS) is 22.7. The van der Waals surface area contributed by atoms with Gasteiger partial charge in [-0.2, -0.15) is 0 Å². The largest absolute Gasteiger partial charge is 0.457 e. The van der Waals surface area contributed by atoms with E-state index in [2.05, 4.69) is 48.5 Å². The van der Waals surface area contributed by atoms with Crippen LogP contribution in [0.5, 0.6) is 23.0 Å². The Hall–Kier alpha value is -3.92. The zero-order valence-electron chi connectivity index (χ0n) is 19.7. The van der Waals surface area contributed by atoms with Crippen molar-refractivity contribution in [1.29, 1.82) is 0 Å². The van der Waals surface area contributed by atoms with Crippen LogP contribution in [0.2, 0.25) is 0 Å². The van der Waals surface area contributed by atoms with Gasteiger partial charge in [-0.3, -0.25) is 0 Å². The molecule has 4 N–H and O–H groups in total. The van der Waals surface area contributed by atoms with Gasteiger partial charge in [-0.05, 0) is 121 Å². The van der Waals surface area contributed by atoms with Gasteiger partial charge in [0.05, 0.1) is 0 Å². The van der Waals surface area contributed by atoms with Crippen molar-refractivity contribution in [3.8, 4) is 23.0 Å². The van der Waals surface area contributed by atoms with Crippen molar-refractivity contribution in [3.05, 3.63) is 108 Å². The Labute approximate surface area is 206 Å². The monoisotopic (exact) mass is 462 g/mol. The Morgan fingerprint density at radius 2 is 1.06 bits per heavy atom. The Kier molecular flexibility index (Phi) is 5.37. The molecule has 0 aliphatic heterocycles. The molecular weight excluding hydrogens is 432 g/mol. The Balaban J connectivity index is 1.21. The van der Waals surface area contributed by atoms with Crippen LogP contribution >= 0.6 is 0 Å². The molecule has 2 bridgehead atoms. The molecule has 6 rings (SSSR count). The van der Waals surface area contributed by atoms with Gasteiger partial charge in [0.15, 0.2) is 0 Å². The van der Waals surface area contributed by atoms with Crippen molar-refractivity contribution in [2.75, 3.05) is 11.5 Å². The Morgan fingerprint density at radius 1 is 0.600 bits per heavy atom.